The predicted molar refractivity (Wildman–Crippen MR) is 141 cm³/mol. The molecule has 1 aromatic heterocycles. The number of carbonyl (C=O) groups excluding carboxylic acids is 2. The van der Waals surface area contributed by atoms with Crippen LogP contribution in [0, 0.1) is 0 Å². The third-order valence-electron chi connectivity index (χ3n) is 4.95. The lowest BCUT2D eigenvalue weighted by molar-refractivity contribution is -0.114. The van der Waals surface area contributed by atoms with Gasteiger partial charge in [-0.05, 0) is 48.0 Å². The lowest BCUT2D eigenvalue weighted by atomic mass is 10.2. The van der Waals surface area contributed by atoms with Gasteiger partial charge < -0.3 is 15.2 Å². The Labute approximate surface area is 212 Å². The minimum absolute atomic E-state index is 0.165. The van der Waals surface area contributed by atoms with Gasteiger partial charge in [-0.25, -0.2) is 0 Å². The van der Waals surface area contributed by atoms with Crippen molar-refractivity contribution in [2.45, 2.75) is 5.16 Å². The maximum absolute atomic E-state index is 12.3. The predicted octanol–water partition coefficient (Wildman–Crippen LogP) is 5.52. The van der Waals surface area contributed by atoms with E-state index in [1.165, 1.54) is 17.8 Å². The number of halogens is 1. The van der Waals surface area contributed by atoms with E-state index in [-0.39, 0.29) is 17.6 Å². The minimum Gasteiger partial charge on any atom is -0.324 e. The summed E-state index contributed by atoms with van der Waals surface area (Å²) in [5, 5.41) is 15.2. The number of nitrogens with zero attached hydrogens (tertiary/aromatic N) is 3. The van der Waals surface area contributed by atoms with Crippen molar-refractivity contribution in [1.82, 2.24) is 14.8 Å². The molecule has 0 aliphatic heterocycles. The molecule has 1 heterocycles. The van der Waals surface area contributed by atoms with Crippen molar-refractivity contribution in [1.29, 1.82) is 0 Å². The fourth-order valence-electron chi connectivity index (χ4n) is 3.19. The average molecular weight is 504 g/mol. The molecular formula is C26H22ClN5O2S. The monoisotopic (exact) mass is 503 g/mol. The summed E-state index contributed by atoms with van der Waals surface area (Å²) in [5.41, 5.74) is 3.03. The normalized spacial score (nSPS) is 10.9. The van der Waals surface area contributed by atoms with Gasteiger partial charge in [0.05, 0.1) is 16.5 Å². The third-order valence-corrected chi connectivity index (χ3v) is 6.30. The first-order valence-electron chi connectivity index (χ1n) is 10.7. The Bertz CT molecular complexity index is 1350. The number of anilines is 2. The molecule has 0 radical (unpaired) electrons. The summed E-state index contributed by atoms with van der Waals surface area (Å²) < 4.78 is 1.82. The highest BCUT2D eigenvalue weighted by molar-refractivity contribution is 7.99. The largest absolute Gasteiger partial charge is 0.324 e. The van der Waals surface area contributed by atoms with Crippen LogP contribution in [0.1, 0.15) is 5.56 Å². The molecule has 4 aromatic rings. The van der Waals surface area contributed by atoms with Gasteiger partial charge in [0, 0.05) is 24.4 Å². The van der Waals surface area contributed by atoms with Crippen molar-refractivity contribution in [2.75, 3.05) is 16.4 Å². The van der Waals surface area contributed by atoms with Gasteiger partial charge >= 0.3 is 0 Å². The van der Waals surface area contributed by atoms with Crippen molar-refractivity contribution in [3.63, 3.8) is 0 Å². The van der Waals surface area contributed by atoms with Crippen LogP contribution in [0.25, 0.3) is 17.5 Å². The van der Waals surface area contributed by atoms with Gasteiger partial charge in [-0.3, -0.25) is 9.59 Å². The lowest BCUT2D eigenvalue weighted by Gasteiger charge is -2.07. The number of nitrogens with one attached hydrogen (secondary N) is 2. The smallest absolute Gasteiger partial charge is 0.248 e. The molecule has 0 saturated carbocycles. The number of amides is 2. The molecule has 7 nitrogen and oxygen atoms in total. The number of hydrogen-bond donors (Lipinski definition) is 2. The van der Waals surface area contributed by atoms with Crippen LogP contribution in [-0.2, 0) is 16.6 Å². The van der Waals surface area contributed by atoms with E-state index in [1.807, 2.05) is 72.3 Å². The fraction of sp³-hybridized carbons (Fsp3) is 0.0769. The maximum Gasteiger partial charge on any atom is 0.248 e. The van der Waals surface area contributed by atoms with Crippen LogP contribution in [0.3, 0.4) is 0 Å². The summed E-state index contributed by atoms with van der Waals surface area (Å²) in [4.78, 5) is 24.5. The second-order valence-electron chi connectivity index (χ2n) is 7.49. The van der Waals surface area contributed by atoms with Gasteiger partial charge in [0.15, 0.2) is 11.0 Å². The Balaban J connectivity index is 1.34. The van der Waals surface area contributed by atoms with Crippen LogP contribution >= 0.6 is 23.4 Å². The Morgan fingerprint density at radius 1 is 0.943 bits per heavy atom. The van der Waals surface area contributed by atoms with E-state index in [9.17, 15) is 9.59 Å². The van der Waals surface area contributed by atoms with Crippen LogP contribution in [0.15, 0.2) is 90.1 Å². The van der Waals surface area contributed by atoms with Gasteiger partial charge in [-0.15, -0.1) is 10.2 Å². The van der Waals surface area contributed by atoms with E-state index in [0.29, 0.717) is 27.4 Å². The lowest BCUT2D eigenvalue weighted by Crippen LogP contribution is -2.14. The molecule has 0 aliphatic rings. The van der Waals surface area contributed by atoms with E-state index < -0.39 is 0 Å². The minimum atomic E-state index is -0.214. The van der Waals surface area contributed by atoms with Gasteiger partial charge in [-0.1, -0.05) is 65.8 Å². The molecule has 0 saturated heterocycles. The molecule has 0 bridgehead atoms. The number of aromatic nitrogens is 3. The molecule has 0 atom stereocenters. The molecule has 176 valence electrons. The molecule has 0 spiro atoms. The van der Waals surface area contributed by atoms with Crippen molar-refractivity contribution in [2.24, 2.45) is 7.05 Å². The zero-order valence-corrected chi connectivity index (χ0v) is 20.4. The maximum atomic E-state index is 12.3. The summed E-state index contributed by atoms with van der Waals surface area (Å²) in [6, 6.07) is 24.0. The van der Waals surface area contributed by atoms with Crippen LogP contribution in [0.5, 0.6) is 0 Å². The molecule has 0 unspecified atom stereocenters. The molecule has 3 aromatic carbocycles. The third kappa shape index (κ3) is 6.59. The highest BCUT2D eigenvalue weighted by Gasteiger charge is 2.14. The second kappa shape index (κ2) is 11.5. The first kappa shape index (κ1) is 24.3. The van der Waals surface area contributed by atoms with E-state index >= 15 is 0 Å². The van der Waals surface area contributed by atoms with Crippen LogP contribution in [-0.4, -0.2) is 32.3 Å². The Hall–Kier alpha value is -3.88. The molecule has 2 N–H and O–H groups in total. The Kier molecular flexibility index (Phi) is 7.97. The Morgan fingerprint density at radius 3 is 2.40 bits per heavy atom. The molecule has 0 fully saturated rings. The number of benzene rings is 3. The summed E-state index contributed by atoms with van der Waals surface area (Å²) >= 11 is 7.37. The number of thioether (sulfide) groups is 1. The van der Waals surface area contributed by atoms with E-state index in [1.54, 1.807) is 24.3 Å². The quantitative estimate of drug-likeness (QED) is 0.244. The number of rotatable bonds is 8. The topological polar surface area (TPSA) is 88.9 Å². The SMILES string of the molecule is Cn1c(SCC(=O)Nc2ccccc2Cl)nnc1-c1ccc(NC(=O)/C=C\c2ccccc2)cc1. The van der Waals surface area contributed by atoms with E-state index in [4.69, 9.17) is 11.6 Å². The van der Waals surface area contributed by atoms with Gasteiger partial charge in [0.25, 0.3) is 0 Å². The van der Waals surface area contributed by atoms with Crippen LogP contribution < -0.4 is 10.6 Å². The average Bonchev–Trinajstić information content (AvgIpc) is 3.24. The number of para-hydroxylation sites is 1. The second-order valence-corrected chi connectivity index (χ2v) is 8.84. The van der Waals surface area contributed by atoms with E-state index in [2.05, 4.69) is 20.8 Å². The summed E-state index contributed by atoms with van der Waals surface area (Å²) in [7, 11) is 1.84. The van der Waals surface area contributed by atoms with Crippen LogP contribution in [0.2, 0.25) is 5.02 Å². The highest BCUT2D eigenvalue weighted by Crippen LogP contribution is 2.25. The first-order chi connectivity index (χ1) is 17.0. The molecule has 2 amide bonds. The number of carbonyl (C=O) groups is 2. The fourth-order valence-corrected chi connectivity index (χ4v) is 4.09. The van der Waals surface area contributed by atoms with E-state index in [0.717, 1.165) is 11.1 Å². The van der Waals surface area contributed by atoms with Gasteiger partial charge in [0.1, 0.15) is 0 Å². The zero-order chi connectivity index (χ0) is 24.6. The van der Waals surface area contributed by atoms with Crippen LogP contribution in [0.4, 0.5) is 11.4 Å². The van der Waals surface area contributed by atoms with Gasteiger partial charge in [-0.2, -0.15) is 0 Å². The summed E-state index contributed by atoms with van der Waals surface area (Å²) in [6.45, 7) is 0. The van der Waals surface area contributed by atoms with Crippen molar-refractivity contribution in [3.05, 3.63) is 95.5 Å². The molecule has 0 aliphatic carbocycles. The zero-order valence-electron chi connectivity index (χ0n) is 18.8. The van der Waals surface area contributed by atoms with Crippen molar-refractivity contribution < 1.29 is 9.59 Å². The molecule has 4 rings (SSSR count). The van der Waals surface area contributed by atoms with Crippen molar-refractivity contribution in [3.8, 4) is 11.4 Å². The number of hydrogen-bond acceptors (Lipinski definition) is 5. The van der Waals surface area contributed by atoms with Crippen molar-refractivity contribution >= 4 is 52.6 Å². The molecule has 9 heteroatoms. The molecule has 35 heavy (non-hydrogen) atoms. The van der Waals surface area contributed by atoms with Gasteiger partial charge in [0.2, 0.25) is 11.8 Å². The highest BCUT2D eigenvalue weighted by atomic mass is 35.5. The Morgan fingerprint density at radius 2 is 1.66 bits per heavy atom. The molecular weight excluding hydrogens is 482 g/mol. The standard InChI is InChI=1S/C26H22ClN5O2S/c1-32-25(30-31-26(32)35-17-24(34)29-22-10-6-5-9-21(22)27)19-12-14-20(15-13-19)28-23(33)16-11-18-7-3-2-4-8-18/h2-16H,17H2,1H3,(H,28,33)(H,29,34)/b16-11-. The first-order valence-corrected chi connectivity index (χ1v) is 12.1. The summed E-state index contributed by atoms with van der Waals surface area (Å²) in [5.74, 6) is 0.419. The summed E-state index contributed by atoms with van der Waals surface area (Å²) in [6.07, 6.45) is 3.26.